The van der Waals surface area contributed by atoms with E-state index in [1.807, 2.05) is 6.07 Å². The van der Waals surface area contributed by atoms with Crippen molar-refractivity contribution in [3.63, 3.8) is 0 Å². The zero-order valence-corrected chi connectivity index (χ0v) is 15.3. The fraction of sp³-hybridized carbons (Fsp3) is 0.667. The third kappa shape index (κ3) is 3.51. The Labute approximate surface area is 146 Å². The molecule has 1 saturated carbocycles. The molecular formula is C21H31NO2. The second-order valence-corrected chi connectivity index (χ2v) is 8.29. The average Bonchev–Trinajstić information content (AvgIpc) is 2.54. The van der Waals surface area contributed by atoms with Crippen molar-refractivity contribution in [2.75, 3.05) is 19.8 Å². The molecule has 1 aliphatic carbocycles. The van der Waals surface area contributed by atoms with E-state index in [4.69, 9.17) is 4.74 Å². The first-order valence-electron chi connectivity index (χ1n) is 9.43. The minimum absolute atomic E-state index is 0.0372. The van der Waals surface area contributed by atoms with Crippen molar-refractivity contribution in [1.29, 1.82) is 0 Å². The molecule has 1 unspecified atom stereocenters. The summed E-state index contributed by atoms with van der Waals surface area (Å²) in [5, 5.41) is 3.28. The normalized spacial score (nSPS) is 29.1. The molecule has 1 saturated heterocycles. The van der Waals surface area contributed by atoms with Gasteiger partial charge in [0.05, 0.1) is 18.6 Å². The topological polar surface area (TPSA) is 38.3 Å². The van der Waals surface area contributed by atoms with Gasteiger partial charge in [0, 0.05) is 12.5 Å². The molecule has 132 valence electrons. The number of carbonyl (C=O) groups excluding carboxylic acids is 1. The molecule has 1 aromatic carbocycles. The van der Waals surface area contributed by atoms with Crippen LogP contribution in [-0.2, 0) is 14.9 Å². The van der Waals surface area contributed by atoms with Crippen LogP contribution < -0.4 is 5.32 Å². The minimum Gasteiger partial charge on any atom is -0.379 e. The van der Waals surface area contributed by atoms with Crippen LogP contribution in [0, 0.1) is 23.7 Å². The van der Waals surface area contributed by atoms with Crippen LogP contribution >= 0.6 is 0 Å². The van der Waals surface area contributed by atoms with Gasteiger partial charge in [-0.25, -0.2) is 0 Å². The van der Waals surface area contributed by atoms with Gasteiger partial charge in [-0.1, -0.05) is 57.5 Å². The van der Waals surface area contributed by atoms with Gasteiger partial charge in [-0.15, -0.1) is 0 Å². The predicted octanol–water partition coefficient (Wildman–Crippen LogP) is 3.78. The zero-order chi connectivity index (χ0) is 17.2. The van der Waals surface area contributed by atoms with Crippen LogP contribution in [0.4, 0.5) is 0 Å². The molecule has 2 fully saturated rings. The summed E-state index contributed by atoms with van der Waals surface area (Å²) in [5.74, 6) is 2.17. The lowest BCUT2D eigenvalue weighted by Crippen LogP contribution is -2.55. The number of ether oxygens (including phenoxy) is 1. The van der Waals surface area contributed by atoms with Gasteiger partial charge in [-0.05, 0) is 36.2 Å². The summed E-state index contributed by atoms with van der Waals surface area (Å²) in [5.41, 5.74) is 1.24. The Hall–Kier alpha value is -1.35. The Bertz CT molecular complexity index is 550. The standard InChI is InChI=1S/C21H31NO2/c1-15(2)18-10-9-16(3)11-19(18)20(23)22-12-21(13-24-14-21)17-7-5-4-6-8-17/h4-8,15-16,18-19H,9-14H2,1-3H3,(H,22,23)/t16?,18-,19+/m0/s1. The van der Waals surface area contributed by atoms with Gasteiger partial charge in [0.1, 0.15) is 0 Å². The fourth-order valence-electron chi connectivity index (χ4n) is 4.40. The molecule has 1 aromatic rings. The summed E-state index contributed by atoms with van der Waals surface area (Å²) in [6.45, 7) is 8.88. The highest BCUT2D eigenvalue weighted by molar-refractivity contribution is 5.79. The van der Waals surface area contributed by atoms with Gasteiger partial charge in [0.25, 0.3) is 0 Å². The Morgan fingerprint density at radius 1 is 1.25 bits per heavy atom. The van der Waals surface area contributed by atoms with Gasteiger partial charge >= 0.3 is 0 Å². The lowest BCUT2D eigenvalue weighted by atomic mass is 9.69. The van der Waals surface area contributed by atoms with E-state index >= 15 is 0 Å². The summed E-state index contributed by atoms with van der Waals surface area (Å²) in [7, 11) is 0. The van der Waals surface area contributed by atoms with E-state index < -0.39 is 0 Å². The number of hydrogen-bond acceptors (Lipinski definition) is 2. The number of carbonyl (C=O) groups is 1. The number of hydrogen-bond donors (Lipinski definition) is 1. The summed E-state index contributed by atoms with van der Waals surface area (Å²) < 4.78 is 5.50. The Balaban J connectivity index is 1.65. The average molecular weight is 329 g/mol. The lowest BCUT2D eigenvalue weighted by molar-refractivity contribution is -0.131. The van der Waals surface area contributed by atoms with Crippen LogP contribution in [0.2, 0.25) is 0 Å². The van der Waals surface area contributed by atoms with Gasteiger partial charge in [-0.3, -0.25) is 4.79 Å². The number of rotatable bonds is 5. The Kier molecular flexibility index (Phi) is 5.29. The largest absolute Gasteiger partial charge is 0.379 e. The minimum atomic E-state index is -0.0372. The van der Waals surface area contributed by atoms with Crippen molar-refractivity contribution >= 4 is 5.91 Å². The molecule has 1 heterocycles. The van der Waals surface area contributed by atoms with Crippen molar-refractivity contribution in [2.45, 2.75) is 45.4 Å². The third-order valence-electron chi connectivity index (χ3n) is 6.10. The van der Waals surface area contributed by atoms with Gasteiger partial charge < -0.3 is 10.1 Å². The quantitative estimate of drug-likeness (QED) is 0.893. The van der Waals surface area contributed by atoms with E-state index in [1.54, 1.807) is 0 Å². The van der Waals surface area contributed by atoms with Crippen LogP contribution in [0.25, 0.3) is 0 Å². The number of amides is 1. The molecule has 3 atom stereocenters. The van der Waals surface area contributed by atoms with E-state index in [1.165, 1.54) is 18.4 Å². The first-order valence-corrected chi connectivity index (χ1v) is 9.43. The molecule has 1 aliphatic heterocycles. The monoisotopic (exact) mass is 329 g/mol. The van der Waals surface area contributed by atoms with Crippen molar-refractivity contribution < 1.29 is 9.53 Å². The van der Waals surface area contributed by atoms with Crippen molar-refractivity contribution in [3.8, 4) is 0 Å². The Morgan fingerprint density at radius 2 is 1.96 bits per heavy atom. The zero-order valence-electron chi connectivity index (χ0n) is 15.3. The van der Waals surface area contributed by atoms with Crippen LogP contribution in [0.3, 0.4) is 0 Å². The van der Waals surface area contributed by atoms with Gasteiger partial charge in [0.2, 0.25) is 5.91 Å². The summed E-state index contributed by atoms with van der Waals surface area (Å²) in [6, 6.07) is 10.5. The third-order valence-corrected chi connectivity index (χ3v) is 6.10. The highest BCUT2D eigenvalue weighted by Crippen LogP contribution is 2.38. The second kappa shape index (κ2) is 7.26. The number of nitrogens with one attached hydrogen (secondary N) is 1. The molecule has 3 rings (SSSR count). The van der Waals surface area contributed by atoms with Crippen LogP contribution in [0.5, 0.6) is 0 Å². The summed E-state index contributed by atoms with van der Waals surface area (Å²) in [6.07, 6.45) is 3.47. The highest BCUT2D eigenvalue weighted by Gasteiger charge is 2.42. The SMILES string of the molecule is CC1CC[C@@H](C(C)C)[C@H](C(=O)NCC2(c3ccccc3)COC2)C1. The van der Waals surface area contributed by atoms with Crippen molar-refractivity contribution in [1.82, 2.24) is 5.32 Å². The summed E-state index contributed by atoms with van der Waals surface area (Å²) in [4.78, 5) is 12.9. The maximum absolute atomic E-state index is 12.9. The number of benzene rings is 1. The van der Waals surface area contributed by atoms with Gasteiger partial charge in [-0.2, -0.15) is 0 Å². The van der Waals surface area contributed by atoms with E-state index in [0.29, 0.717) is 37.5 Å². The first-order chi connectivity index (χ1) is 11.5. The molecule has 24 heavy (non-hydrogen) atoms. The molecule has 1 amide bonds. The van der Waals surface area contributed by atoms with Gasteiger partial charge in [0.15, 0.2) is 0 Å². The molecule has 2 aliphatic rings. The van der Waals surface area contributed by atoms with Crippen molar-refractivity contribution in [3.05, 3.63) is 35.9 Å². The molecule has 0 radical (unpaired) electrons. The van der Waals surface area contributed by atoms with Crippen LogP contribution in [-0.4, -0.2) is 25.7 Å². The maximum atomic E-state index is 12.9. The van der Waals surface area contributed by atoms with E-state index in [9.17, 15) is 4.79 Å². The molecular weight excluding hydrogens is 298 g/mol. The van der Waals surface area contributed by atoms with E-state index in [2.05, 4.69) is 50.4 Å². The summed E-state index contributed by atoms with van der Waals surface area (Å²) >= 11 is 0. The smallest absolute Gasteiger partial charge is 0.223 e. The molecule has 0 bridgehead atoms. The van der Waals surface area contributed by atoms with Crippen LogP contribution in [0.1, 0.15) is 45.6 Å². The fourth-order valence-corrected chi connectivity index (χ4v) is 4.40. The molecule has 1 N–H and O–H groups in total. The highest BCUT2D eigenvalue weighted by atomic mass is 16.5. The van der Waals surface area contributed by atoms with E-state index in [0.717, 1.165) is 6.42 Å². The molecule has 3 nitrogen and oxygen atoms in total. The Morgan fingerprint density at radius 3 is 2.54 bits per heavy atom. The second-order valence-electron chi connectivity index (χ2n) is 8.29. The predicted molar refractivity (Wildman–Crippen MR) is 96.8 cm³/mol. The first kappa shape index (κ1) is 17.5. The lowest BCUT2D eigenvalue weighted by Gasteiger charge is -2.43. The molecule has 3 heteroatoms. The van der Waals surface area contributed by atoms with E-state index in [-0.39, 0.29) is 17.2 Å². The molecule has 0 aromatic heterocycles. The maximum Gasteiger partial charge on any atom is 0.223 e. The van der Waals surface area contributed by atoms with Crippen LogP contribution in [0.15, 0.2) is 30.3 Å². The van der Waals surface area contributed by atoms with Crippen molar-refractivity contribution in [2.24, 2.45) is 23.7 Å². The molecule has 0 spiro atoms.